The highest BCUT2D eigenvalue weighted by atomic mass is 35.5. The molecule has 1 aliphatic rings. The standard InChI is InChI=1S/C22H23ClN4O3S/c23-19-11-10-17(16-20(19)31(29,30)26-13-6-1-2-7-14-26)22(28)24-21-12-15-27(25-21)18-8-4-3-5-9-18/h3-5,8-12,15-16H,1-2,6-7,13-14H2,(H,24,25,28). The summed E-state index contributed by atoms with van der Waals surface area (Å²) in [7, 11) is -3.78. The van der Waals surface area contributed by atoms with Crippen LogP contribution in [0, 0.1) is 0 Å². The van der Waals surface area contributed by atoms with E-state index in [9.17, 15) is 13.2 Å². The minimum atomic E-state index is -3.78. The van der Waals surface area contributed by atoms with Gasteiger partial charge in [0.05, 0.1) is 10.7 Å². The van der Waals surface area contributed by atoms with Gasteiger partial charge in [-0.15, -0.1) is 0 Å². The fourth-order valence-electron chi connectivity index (χ4n) is 3.57. The Morgan fingerprint density at radius 2 is 1.68 bits per heavy atom. The average molecular weight is 459 g/mol. The molecule has 1 amide bonds. The molecule has 0 spiro atoms. The van der Waals surface area contributed by atoms with E-state index in [0.29, 0.717) is 18.9 Å². The van der Waals surface area contributed by atoms with Crippen LogP contribution in [-0.2, 0) is 10.0 Å². The number of para-hydroxylation sites is 1. The van der Waals surface area contributed by atoms with E-state index in [1.54, 1.807) is 16.9 Å². The zero-order valence-corrected chi connectivity index (χ0v) is 18.4. The van der Waals surface area contributed by atoms with Crippen molar-refractivity contribution in [1.82, 2.24) is 14.1 Å². The summed E-state index contributed by atoms with van der Waals surface area (Å²) in [5.41, 5.74) is 1.06. The molecule has 1 saturated heterocycles. The molecular formula is C22H23ClN4O3S. The summed E-state index contributed by atoms with van der Waals surface area (Å²) < 4.78 is 29.4. The van der Waals surface area contributed by atoms with Gasteiger partial charge in [0.2, 0.25) is 10.0 Å². The average Bonchev–Trinajstić information content (AvgIpc) is 3.05. The van der Waals surface area contributed by atoms with E-state index in [0.717, 1.165) is 31.4 Å². The molecule has 1 aliphatic heterocycles. The van der Waals surface area contributed by atoms with Crippen molar-refractivity contribution in [1.29, 1.82) is 0 Å². The SMILES string of the molecule is O=C(Nc1ccn(-c2ccccc2)n1)c1ccc(Cl)c(S(=O)(=O)N2CCCCCC2)c1. The van der Waals surface area contributed by atoms with Crippen molar-refractivity contribution in [3.8, 4) is 5.69 Å². The molecule has 4 rings (SSSR count). The maximum atomic E-state index is 13.1. The van der Waals surface area contributed by atoms with Gasteiger partial charge in [0.15, 0.2) is 5.82 Å². The monoisotopic (exact) mass is 458 g/mol. The van der Waals surface area contributed by atoms with Crippen LogP contribution in [0.2, 0.25) is 5.02 Å². The van der Waals surface area contributed by atoms with Crippen LogP contribution in [-0.4, -0.2) is 41.5 Å². The van der Waals surface area contributed by atoms with E-state index in [4.69, 9.17) is 11.6 Å². The lowest BCUT2D eigenvalue weighted by atomic mass is 10.2. The first-order valence-electron chi connectivity index (χ1n) is 10.2. The van der Waals surface area contributed by atoms with Gasteiger partial charge in [-0.2, -0.15) is 9.40 Å². The number of rotatable bonds is 5. The molecule has 1 fully saturated rings. The molecule has 31 heavy (non-hydrogen) atoms. The molecule has 0 radical (unpaired) electrons. The first kappa shape index (κ1) is 21.5. The molecule has 0 bridgehead atoms. The van der Waals surface area contributed by atoms with Crippen LogP contribution in [0.1, 0.15) is 36.0 Å². The smallest absolute Gasteiger partial charge is 0.256 e. The molecule has 0 saturated carbocycles. The van der Waals surface area contributed by atoms with E-state index in [-0.39, 0.29) is 15.5 Å². The summed E-state index contributed by atoms with van der Waals surface area (Å²) in [5, 5.41) is 7.17. The van der Waals surface area contributed by atoms with E-state index in [1.165, 1.54) is 22.5 Å². The maximum absolute atomic E-state index is 13.1. The largest absolute Gasteiger partial charge is 0.305 e. The Morgan fingerprint density at radius 1 is 0.968 bits per heavy atom. The maximum Gasteiger partial charge on any atom is 0.256 e. The quantitative estimate of drug-likeness (QED) is 0.616. The number of amides is 1. The fourth-order valence-corrected chi connectivity index (χ4v) is 5.58. The van der Waals surface area contributed by atoms with Gasteiger partial charge < -0.3 is 5.32 Å². The van der Waals surface area contributed by atoms with E-state index in [2.05, 4.69) is 10.4 Å². The number of hydrogen-bond donors (Lipinski definition) is 1. The van der Waals surface area contributed by atoms with Crippen molar-refractivity contribution in [3.63, 3.8) is 0 Å². The number of hydrogen-bond acceptors (Lipinski definition) is 4. The van der Waals surface area contributed by atoms with E-state index < -0.39 is 15.9 Å². The molecular weight excluding hydrogens is 436 g/mol. The Kier molecular flexibility index (Phi) is 6.41. The second-order valence-corrected chi connectivity index (χ2v) is 9.71. The van der Waals surface area contributed by atoms with Gasteiger partial charge in [-0.3, -0.25) is 4.79 Å². The van der Waals surface area contributed by atoms with Crippen molar-refractivity contribution in [2.24, 2.45) is 0 Å². The summed E-state index contributed by atoms with van der Waals surface area (Å²) in [5.74, 6) is -0.0944. The van der Waals surface area contributed by atoms with Crippen LogP contribution < -0.4 is 5.32 Å². The lowest BCUT2D eigenvalue weighted by Crippen LogP contribution is -2.32. The minimum absolute atomic E-state index is 0.0430. The summed E-state index contributed by atoms with van der Waals surface area (Å²) in [6, 6.07) is 15.5. The van der Waals surface area contributed by atoms with Crippen LogP contribution in [0.15, 0.2) is 65.7 Å². The molecule has 0 atom stereocenters. The summed E-state index contributed by atoms with van der Waals surface area (Å²) in [6.07, 6.45) is 5.40. The van der Waals surface area contributed by atoms with Gasteiger partial charge in [-0.1, -0.05) is 42.6 Å². The highest BCUT2D eigenvalue weighted by Crippen LogP contribution is 2.28. The highest BCUT2D eigenvalue weighted by Gasteiger charge is 2.28. The zero-order valence-electron chi connectivity index (χ0n) is 16.9. The number of nitrogens with one attached hydrogen (secondary N) is 1. The number of benzene rings is 2. The van der Waals surface area contributed by atoms with Gasteiger partial charge >= 0.3 is 0 Å². The Labute approximate surface area is 186 Å². The van der Waals surface area contributed by atoms with Gasteiger partial charge in [0, 0.05) is 30.9 Å². The van der Waals surface area contributed by atoms with Crippen molar-refractivity contribution in [2.75, 3.05) is 18.4 Å². The predicted molar refractivity (Wildman–Crippen MR) is 120 cm³/mol. The van der Waals surface area contributed by atoms with Crippen molar-refractivity contribution < 1.29 is 13.2 Å². The van der Waals surface area contributed by atoms with Gasteiger partial charge in [0.25, 0.3) is 5.91 Å². The molecule has 7 nitrogen and oxygen atoms in total. The fraction of sp³-hybridized carbons (Fsp3) is 0.273. The third kappa shape index (κ3) is 4.81. The molecule has 2 aromatic carbocycles. The number of halogens is 1. The van der Waals surface area contributed by atoms with Crippen LogP contribution >= 0.6 is 11.6 Å². The Morgan fingerprint density at radius 3 is 2.39 bits per heavy atom. The van der Waals surface area contributed by atoms with Gasteiger partial charge in [-0.05, 0) is 43.2 Å². The normalized spacial score (nSPS) is 15.4. The molecule has 1 aromatic heterocycles. The number of carbonyl (C=O) groups is 1. The predicted octanol–water partition coefficient (Wildman–Crippen LogP) is 4.34. The third-order valence-corrected chi connectivity index (χ3v) is 7.61. The van der Waals surface area contributed by atoms with Crippen molar-refractivity contribution >= 4 is 33.3 Å². The highest BCUT2D eigenvalue weighted by molar-refractivity contribution is 7.89. The molecule has 1 N–H and O–H groups in total. The number of aromatic nitrogens is 2. The number of anilines is 1. The van der Waals surface area contributed by atoms with Crippen LogP contribution in [0.3, 0.4) is 0 Å². The lowest BCUT2D eigenvalue weighted by Gasteiger charge is -2.21. The summed E-state index contributed by atoms with van der Waals surface area (Å²) >= 11 is 6.22. The summed E-state index contributed by atoms with van der Waals surface area (Å²) in [6.45, 7) is 0.929. The topological polar surface area (TPSA) is 84.3 Å². The number of nitrogens with zero attached hydrogens (tertiary/aromatic N) is 3. The molecule has 3 aromatic rings. The number of sulfonamides is 1. The Bertz CT molecular complexity index is 1170. The van der Waals surface area contributed by atoms with Crippen molar-refractivity contribution in [3.05, 3.63) is 71.4 Å². The molecule has 0 aliphatic carbocycles. The van der Waals surface area contributed by atoms with Crippen LogP contribution in [0.5, 0.6) is 0 Å². The molecule has 162 valence electrons. The second-order valence-electron chi connectivity index (χ2n) is 7.40. The van der Waals surface area contributed by atoms with Gasteiger partial charge in [0.1, 0.15) is 4.90 Å². The zero-order chi connectivity index (χ0) is 21.8. The number of carbonyl (C=O) groups excluding carboxylic acids is 1. The Hall–Kier alpha value is -2.68. The molecule has 2 heterocycles. The van der Waals surface area contributed by atoms with E-state index in [1.807, 2.05) is 30.3 Å². The van der Waals surface area contributed by atoms with Crippen LogP contribution in [0.4, 0.5) is 5.82 Å². The van der Waals surface area contributed by atoms with Gasteiger partial charge in [-0.25, -0.2) is 13.1 Å². The third-order valence-electron chi connectivity index (χ3n) is 5.23. The van der Waals surface area contributed by atoms with E-state index >= 15 is 0 Å². The molecule has 0 unspecified atom stereocenters. The lowest BCUT2D eigenvalue weighted by molar-refractivity contribution is 0.102. The minimum Gasteiger partial charge on any atom is -0.305 e. The first-order chi connectivity index (χ1) is 14.9. The Balaban J connectivity index is 1.55. The first-order valence-corrected chi connectivity index (χ1v) is 12.0. The summed E-state index contributed by atoms with van der Waals surface area (Å²) in [4.78, 5) is 12.7. The second kappa shape index (κ2) is 9.21. The molecule has 9 heteroatoms. The van der Waals surface area contributed by atoms with Crippen molar-refractivity contribution in [2.45, 2.75) is 30.6 Å². The van der Waals surface area contributed by atoms with Crippen LogP contribution in [0.25, 0.3) is 5.69 Å².